The van der Waals surface area contributed by atoms with E-state index in [-0.39, 0.29) is 18.5 Å². The highest BCUT2D eigenvalue weighted by Gasteiger charge is 2.25. The maximum atomic E-state index is 12.8. The standard InChI is InChI=1S/C23H33N5O2S/c1-2-24-23(26-16-22(29)28-12-8-21-18(17-28)9-14-31-21)25-15-19(20-7-6-13-30-20)27-10-4-3-5-11-27/h6-7,9,13-14,19H,2-5,8,10-12,15-17H2,1H3,(H2,24,25,26). The van der Waals surface area contributed by atoms with Crippen molar-refractivity contribution in [3.8, 4) is 0 Å². The minimum Gasteiger partial charge on any atom is -0.468 e. The van der Waals surface area contributed by atoms with Gasteiger partial charge in [-0.15, -0.1) is 11.3 Å². The number of nitrogens with zero attached hydrogens (tertiary/aromatic N) is 3. The van der Waals surface area contributed by atoms with Crippen molar-refractivity contribution in [3.05, 3.63) is 46.0 Å². The third-order valence-electron chi connectivity index (χ3n) is 6.04. The maximum Gasteiger partial charge on any atom is 0.244 e. The number of hydrogen-bond donors (Lipinski definition) is 2. The number of fused-ring (bicyclic) bond motifs is 1. The van der Waals surface area contributed by atoms with Gasteiger partial charge in [-0.25, -0.2) is 4.99 Å². The maximum absolute atomic E-state index is 12.8. The average Bonchev–Trinajstić information content (AvgIpc) is 3.49. The topological polar surface area (TPSA) is 73.1 Å². The van der Waals surface area contributed by atoms with Crippen LogP contribution in [0.1, 0.15) is 48.4 Å². The zero-order valence-electron chi connectivity index (χ0n) is 18.3. The van der Waals surface area contributed by atoms with Gasteiger partial charge in [0.1, 0.15) is 12.3 Å². The Hall–Kier alpha value is -2.32. The summed E-state index contributed by atoms with van der Waals surface area (Å²) >= 11 is 1.79. The zero-order valence-corrected chi connectivity index (χ0v) is 19.1. The predicted octanol–water partition coefficient (Wildman–Crippen LogP) is 3.01. The Morgan fingerprint density at radius 1 is 1.23 bits per heavy atom. The molecule has 4 heterocycles. The van der Waals surface area contributed by atoms with Crippen molar-refractivity contribution in [2.24, 2.45) is 4.99 Å². The van der Waals surface area contributed by atoms with Crippen molar-refractivity contribution in [2.45, 2.75) is 45.2 Å². The lowest BCUT2D eigenvalue weighted by Crippen LogP contribution is -2.45. The number of carbonyl (C=O) groups excluding carboxylic acids is 1. The minimum absolute atomic E-state index is 0.0765. The van der Waals surface area contributed by atoms with Crippen LogP contribution in [0.2, 0.25) is 0 Å². The molecule has 0 radical (unpaired) electrons. The van der Waals surface area contributed by atoms with Gasteiger partial charge in [-0.2, -0.15) is 0 Å². The van der Waals surface area contributed by atoms with Gasteiger partial charge < -0.3 is 20.0 Å². The highest BCUT2D eigenvalue weighted by molar-refractivity contribution is 7.10. The number of guanidine groups is 1. The van der Waals surface area contributed by atoms with E-state index < -0.39 is 0 Å². The molecule has 0 bridgehead atoms. The first kappa shape index (κ1) is 21.9. The van der Waals surface area contributed by atoms with Gasteiger partial charge in [-0.05, 0) is 68.4 Å². The number of nitrogens with one attached hydrogen (secondary N) is 2. The molecular formula is C23H33N5O2S. The van der Waals surface area contributed by atoms with Crippen molar-refractivity contribution in [1.82, 2.24) is 20.4 Å². The van der Waals surface area contributed by atoms with E-state index in [0.717, 1.165) is 38.4 Å². The molecule has 7 nitrogen and oxygen atoms in total. The first-order valence-electron chi connectivity index (χ1n) is 11.4. The van der Waals surface area contributed by atoms with Crippen LogP contribution in [0.5, 0.6) is 0 Å². The molecule has 1 unspecified atom stereocenters. The molecule has 168 valence electrons. The summed E-state index contributed by atoms with van der Waals surface area (Å²) in [5.41, 5.74) is 1.28. The van der Waals surface area contributed by atoms with Gasteiger partial charge in [0.05, 0.1) is 12.3 Å². The normalized spacial score (nSPS) is 18.5. The molecule has 0 spiro atoms. The van der Waals surface area contributed by atoms with Gasteiger partial charge in [-0.1, -0.05) is 6.42 Å². The molecule has 2 aliphatic heterocycles. The van der Waals surface area contributed by atoms with E-state index >= 15 is 0 Å². The lowest BCUT2D eigenvalue weighted by Gasteiger charge is -2.33. The molecule has 2 N–H and O–H groups in total. The van der Waals surface area contributed by atoms with Crippen LogP contribution >= 0.6 is 11.3 Å². The van der Waals surface area contributed by atoms with E-state index in [1.54, 1.807) is 17.6 Å². The number of amides is 1. The van der Waals surface area contributed by atoms with E-state index in [2.05, 4.69) is 32.0 Å². The molecule has 4 rings (SSSR count). The summed E-state index contributed by atoms with van der Waals surface area (Å²) in [5, 5.41) is 8.83. The average molecular weight is 444 g/mol. The molecule has 1 saturated heterocycles. The van der Waals surface area contributed by atoms with E-state index in [1.165, 1.54) is 29.7 Å². The molecule has 1 fully saturated rings. The zero-order chi connectivity index (χ0) is 21.5. The summed E-state index contributed by atoms with van der Waals surface area (Å²) in [7, 11) is 0. The lowest BCUT2D eigenvalue weighted by molar-refractivity contribution is -0.130. The van der Waals surface area contributed by atoms with E-state index in [1.807, 2.05) is 24.0 Å². The van der Waals surface area contributed by atoms with Crippen LogP contribution in [0, 0.1) is 0 Å². The lowest BCUT2D eigenvalue weighted by atomic mass is 10.1. The first-order valence-corrected chi connectivity index (χ1v) is 12.2. The number of carbonyl (C=O) groups is 1. The number of likely N-dealkylation sites (tertiary alicyclic amines) is 1. The predicted molar refractivity (Wildman–Crippen MR) is 124 cm³/mol. The van der Waals surface area contributed by atoms with Crippen LogP contribution in [-0.4, -0.2) is 60.9 Å². The Morgan fingerprint density at radius 3 is 2.87 bits per heavy atom. The smallest absolute Gasteiger partial charge is 0.244 e. The Bertz CT molecular complexity index is 857. The second-order valence-electron chi connectivity index (χ2n) is 8.14. The van der Waals surface area contributed by atoms with Crippen LogP contribution in [-0.2, 0) is 17.8 Å². The number of furan rings is 1. The highest BCUT2D eigenvalue weighted by atomic mass is 32.1. The van der Waals surface area contributed by atoms with Gasteiger partial charge in [-0.3, -0.25) is 9.69 Å². The SMILES string of the molecule is CCNC(=NCC(=O)N1CCc2sccc2C1)NCC(c1ccco1)N1CCCCC1. The molecule has 31 heavy (non-hydrogen) atoms. The minimum atomic E-state index is 0.0765. The fourth-order valence-electron chi connectivity index (χ4n) is 4.36. The van der Waals surface area contributed by atoms with Crippen LogP contribution in [0.25, 0.3) is 0 Å². The fourth-order valence-corrected chi connectivity index (χ4v) is 5.25. The van der Waals surface area contributed by atoms with E-state index in [4.69, 9.17) is 4.42 Å². The molecule has 0 saturated carbocycles. The molecule has 1 atom stereocenters. The summed E-state index contributed by atoms with van der Waals surface area (Å²) in [6.45, 7) is 7.28. The van der Waals surface area contributed by atoms with Crippen LogP contribution in [0.3, 0.4) is 0 Å². The van der Waals surface area contributed by atoms with Gasteiger partial charge in [0.25, 0.3) is 0 Å². The summed E-state index contributed by atoms with van der Waals surface area (Å²) in [4.78, 5) is 23.1. The Morgan fingerprint density at radius 2 is 2.10 bits per heavy atom. The van der Waals surface area contributed by atoms with Gasteiger partial charge in [0, 0.05) is 31.1 Å². The molecule has 2 aliphatic rings. The second-order valence-corrected chi connectivity index (χ2v) is 9.14. The Balaban J connectivity index is 1.36. The summed E-state index contributed by atoms with van der Waals surface area (Å²) in [6, 6.07) is 6.28. The van der Waals surface area contributed by atoms with Gasteiger partial charge >= 0.3 is 0 Å². The number of rotatable bonds is 7. The summed E-state index contributed by atoms with van der Waals surface area (Å²) in [5.74, 6) is 1.73. The summed E-state index contributed by atoms with van der Waals surface area (Å²) in [6.07, 6.45) is 6.43. The molecule has 2 aromatic rings. The van der Waals surface area contributed by atoms with Crippen molar-refractivity contribution in [2.75, 3.05) is 39.3 Å². The van der Waals surface area contributed by atoms with Crippen molar-refractivity contribution < 1.29 is 9.21 Å². The number of piperidine rings is 1. The van der Waals surface area contributed by atoms with Crippen molar-refractivity contribution in [1.29, 1.82) is 0 Å². The monoisotopic (exact) mass is 443 g/mol. The summed E-state index contributed by atoms with van der Waals surface area (Å²) < 4.78 is 5.74. The number of thiophene rings is 1. The van der Waals surface area contributed by atoms with Crippen LogP contribution in [0.15, 0.2) is 39.3 Å². The number of aliphatic imine (C=N–C) groups is 1. The Kier molecular flexibility index (Phi) is 7.64. The van der Waals surface area contributed by atoms with Crippen molar-refractivity contribution in [3.63, 3.8) is 0 Å². The third kappa shape index (κ3) is 5.68. The first-order chi connectivity index (χ1) is 15.2. The largest absolute Gasteiger partial charge is 0.468 e. The number of hydrogen-bond acceptors (Lipinski definition) is 5. The molecule has 0 aliphatic carbocycles. The molecule has 1 amide bonds. The molecule has 8 heteroatoms. The van der Waals surface area contributed by atoms with E-state index in [9.17, 15) is 4.79 Å². The third-order valence-corrected chi connectivity index (χ3v) is 7.07. The van der Waals surface area contributed by atoms with Crippen LogP contribution < -0.4 is 10.6 Å². The Labute approximate surface area is 188 Å². The quantitative estimate of drug-likeness (QED) is 0.508. The molecule has 2 aromatic heterocycles. The molecular weight excluding hydrogens is 410 g/mol. The molecule has 0 aromatic carbocycles. The van der Waals surface area contributed by atoms with Gasteiger partial charge in [0.2, 0.25) is 5.91 Å². The second kappa shape index (κ2) is 10.8. The fraction of sp³-hybridized carbons (Fsp3) is 0.565. The highest BCUT2D eigenvalue weighted by Crippen LogP contribution is 2.25. The van der Waals surface area contributed by atoms with E-state index in [0.29, 0.717) is 19.0 Å². The van der Waals surface area contributed by atoms with Gasteiger partial charge in [0.15, 0.2) is 5.96 Å². The van der Waals surface area contributed by atoms with Crippen molar-refractivity contribution >= 4 is 23.2 Å². The van der Waals surface area contributed by atoms with Crippen LogP contribution in [0.4, 0.5) is 0 Å².